The van der Waals surface area contributed by atoms with E-state index < -0.39 is 6.10 Å². The minimum atomic E-state index is -0.450. The summed E-state index contributed by atoms with van der Waals surface area (Å²) in [6.07, 6.45) is 3.37. The third kappa shape index (κ3) is 2.81. The highest BCUT2D eigenvalue weighted by Gasteiger charge is 2.13. The maximum Gasteiger partial charge on any atom is 0.115 e. The molecule has 0 spiro atoms. The Morgan fingerprint density at radius 2 is 1.48 bits per heavy atom. The number of para-hydroxylation sites is 1. The zero-order chi connectivity index (χ0) is 14.7. The van der Waals surface area contributed by atoms with Crippen LogP contribution >= 0.6 is 0 Å². The van der Waals surface area contributed by atoms with Gasteiger partial charge in [-0.3, -0.25) is 0 Å². The molecule has 2 heteroatoms. The number of benzene rings is 3. The van der Waals surface area contributed by atoms with Gasteiger partial charge in [-0.2, -0.15) is 0 Å². The topological polar surface area (TPSA) is 40.5 Å². The highest BCUT2D eigenvalue weighted by Crippen LogP contribution is 2.32. The third-order valence-electron chi connectivity index (χ3n) is 3.50. The zero-order valence-electron chi connectivity index (χ0n) is 11.5. The van der Waals surface area contributed by atoms with Gasteiger partial charge in [0.1, 0.15) is 5.75 Å². The first-order valence-electron chi connectivity index (χ1n) is 6.87. The standard InChI is InChI=1S/C13H10O.C6H6O/c14-12-8-7-10-4-1-3-9-5-2-6-11(12)13(9)10;7-6-4-2-1-3-5-6/h1-8,12,14H;1-5,7H. The first kappa shape index (κ1) is 13.4. The fraction of sp³-hybridized carbons (Fsp3) is 0.0526. The van der Waals surface area contributed by atoms with Crippen LogP contribution in [0, 0.1) is 0 Å². The van der Waals surface area contributed by atoms with E-state index in [2.05, 4.69) is 18.2 Å². The molecule has 1 aliphatic rings. The van der Waals surface area contributed by atoms with Gasteiger partial charge in [0.05, 0.1) is 6.10 Å². The summed E-state index contributed by atoms with van der Waals surface area (Å²) < 4.78 is 0. The number of phenolic OH excluding ortho intramolecular Hbond substituents is 1. The van der Waals surface area contributed by atoms with E-state index in [4.69, 9.17) is 5.11 Å². The average molecular weight is 276 g/mol. The Morgan fingerprint density at radius 1 is 0.762 bits per heavy atom. The molecule has 2 nitrogen and oxygen atoms in total. The third-order valence-corrected chi connectivity index (χ3v) is 3.50. The molecule has 0 aromatic heterocycles. The number of phenols is 1. The summed E-state index contributed by atoms with van der Waals surface area (Å²) in [7, 11) is 0. The van der Waals surface area contributed by atoms with Crippen LogP contribution < -0.4 is 0 Å². The van der Waals surface area contributed by atoms with Crippen LogP contribution in [-0.2, 0) is 0 Å². The lowest BCUT2D eigenvalue weighted by atomic mass is 9.92. The van der Waals surface area contributed by atoms with Crippen LogP contribution in [0.1, 0.15) is 17.2 Å². The molecule has 0 aliphatic heterocycles. The molecule has 3 aromatic carbocycles. The molecular formula is C19H16O2. The summed E-state index contributed by atoms with van der Waals surface area (Å²) in [5.74, 6) is 0.322. The fourth-order valence-corrected chi connectivity index (χ4v) is 2.51. The van der Waals surface area contributed by atoms with Crippen molar-refractivity contribution in [3.63, 3.8) is 0 Å². The Labute approximate surface area is 123 Å². The molecule has 0 heterocycles. The van der Waals surface area contributed by atoms with Crippen molar-refractivity contribution in [3.8, 4) is 5.75 Å². The molecule has 0 bridgehead atoms. The van der Waals surface area contributed by atoms with Crippen molar-refractivity contribution in [3.05, 3.63) is 83.9 Å². The summed E-state index contributed by atoms with van der Waals surface area (Å²) >= 11 is 0. The van der Waals surface area contributed by atoms with Crippen molar-refractivity contribution in [2.75, 3.05) is 0 Å². The second-order valence-electron chi connectivity index (χ2n) is 4.93. The summed E-state index contributed by atoms with van der Waals surface area (Å²) in [5.41, 5.74) is 2.21. The second-order valence-corrected chi connectivity index (χ2v) is 4.93. The SMILES string of the molecule is OC1C=Cc2cccc3cccc1c23.Oc1ccccc1. The predicted molar refractivity (Wildman–Crippen MR) is 86.0 cm³/mol. The molecule has 0 saturated carbocycles. The predicted octanol–water partition coefficient (Wildman–Crippen LogP) is 4.29. The highest BCUT2D eigenvalue weighted by atomic mass is 16.3. The van der Waals surface area contributed by atoms with Crippen LogP contribution in [0.15, 0.2) is 72.8 Å². The first-order chi connectivity index (χ1) is 10.3. The molecule has 1 unspecified atom stereocenters. The largest absolute Gasteiger partial charge is 0.508 e. The van der Waals surface area contributed by atoms with Crippen molar-refractivity contribution >= 4 is 16.8 Å². The number of aliphatic hydroxyl groups is 1. The second kappa shape index (κ2) is 5.81. The Hall–Kier alpha value is -2.58. The smallest absolute Gasteiger partial charge is 0.115 e. The van der Waals surface area contributed by atoms with Crippen LogP contribution in [0.25, 0.3) is 16.8 Å². The number of aromatic hydroxyl groups is 1. The summed E-state index contributed by atoms with van der Waals surface area (Å²) in [6.45, 7) is 0. The number of rotatable bonds is 0. The minimum Gasteiger partial charge on any atom is -0.508 e. The fourth-order valence-electron chi connectivity index (χ4n) is 2.51. The van der Waals surface area contributed by atoms with Gasteiger partial charge in [-0.25, -0.2) is 0 Å². The van der Waals surface area contributed by atoms with Gasteiger partial charge in [0, 0.05) is 0 Å². The maximum absolute atomic E-state index is 9.79. The summed E-state index contributed by atoms with van der Waals surface area (Å²) in [6, 6.07) is 21.0. The zero-order valence-corrected chi connectivity index (χ0v) is 11.5. The highest BCUT2D eigenvalue weighted by molar-refractivity contribution is 5.95. The monoisotopic (exact) mass is 276 g/mol. The Morgan fingerprint density at radius 3 is 2.14 bits per heavy atom. The molecule has 104 valence electrons. The molecule has 4 rings (SSSR count). The van der Waals surface area contributed by atoms with Crippen molar-refractivity contribution < 1.29 is 10.2 Å². The molecule has 2 N–H and O–H groups in total. The van der Waals surface area contributed by atoms with E-state index in [1.165, 1.54) is 16.3 Å². The molecule has 1 aliphatic carbocycles. The first-order valence-corrected chi connectivity index (χ1v) is 6.87. The van der Waals surface area contributed by atoms with Crippen molar-refractivity contribution in [2.45, 2.75) is 6.10 Å². The normalized spacial score (nSPS) is 15.4. The van der Waals surface area contributed by atoms with Gasteiger partial charge in [-0.15, -0.1) is 0 Å². The molecule has 1 atom stereocenters. The summed E-state index contributed by atoms with van der Waals surface area (Å²) in [5, 5.41) is 20.8. The van der Waals surface area contributed by atoms with Gasteiger partial charge in [-0.05, 0) is 34.0 Å². The van der Waals surface area contributed by atoms with Crippen molar-refractivity contribution in [1.29, 1.82) is 0 Å². The van der Waals surface area contributed by atoms with Gasteiger partial charge in [0.25, 0.3) is 0 Å². The number of hydrogen-bond acceptors (Lipinski definition) is 2. The molecule has 0 saturated heterocycles. The van der Waals surface area contributed by atoms with Crippen LogP contribution in [0.4, 0.5) is 0 Å². The van der Waals surface area contributed by atoms with E-state index >= 15 is 0 Å². The molecule has 3 aromatic rings. The van der Waals surface area contributed by atoms with E-state index in [0.717, 1.165) is 5.56 Å². The lowest BCUT2D eigenvalue weighted by Crippen LogP contribution is -1.99. The lowest BCUT2D eigenvalue weighted by Gasteiger charge is -2.16. The Bertz CT molecular complexity index is 771. The van der Waals surface area contributed by atoms with Crippen molar-refractivity contribution in [1.82, 2.24) is 0 Å². The van der Waals surface area contributed by atoms with E-state index in [1.807, 2.05) is 36.4 Å². The van der Waals surface area contributed by atoms with Gasteiger partial charge in [0.15, 0.2) is 0 Å². The quantitative estimate of drug-likeness (QED) is 0.643. The van der Waals surface area contributed by atoms with Crippen LogP contribution in [0.5, 0.6) is 5.75 Å². The molecule has 0 amide bonds. The van der Waals surface area contributed by atoms with E-state index in [0.29, 0.717) is 5.75 Å². The van der Waals surface area contributed by atoms with Gasteiger partial charge >= 0.3 is 0 Å². The lowest BCUT2D eigenvalue weighted by molar-refractivity contribution is 0.230. The molecular weight excluding hydrogens is 260 g/mol. The van der Waals surface area contributed by atoms with Crippen molar-refractivity contribution in [2.24, 2.45) is 0 Å². The molecule has 0 fully saturated rings. The maximum atomic E-state index is 9.79. The number of hydrogen-bond donors (Lipinski definition) is 2. The minimum absolute atomic E-state index is 0.322. The van der Waals surface area contributed by atoms with Crippen LogP contribution in [0.3, 0.4) is 0 Å². The van der Waals surface area contributed by atoms with Crippen LogP contribution in [-0.4, -0.2) is 10.2 Å². The van der Waals surface area contributed by atoms with E-state index in [9.17, 15) is 5.11 Å². The number of aliphatic hydroxyl groups excluding tert-OH is 1. The van der Waals surface area contributed by atoms with E-state index in [-0.39, 0.29) is 0 Å². The molecule has 21 heavy (non-hydrogen) atoms. The average Bonchev–Trinajstić information content (AvgIpc) is 2.53. The Kier molecular flexibility index (Phi) is 3.71. The van der Waals surface area contributed by atoms with Gasteiger partial charge in [0.2, 0.25) is 0 Å². The van der Waals surface area contributed by atoms with E-state index in [1.54, 1.807) is 24.3 Å². The molecule has 0 radical (unpaired) electrons. The van der Waals surface area contributed by atoms with Gasteiger partial charge in [-0.1, -0.05) is 66.7 Å². The summed E-state index contributed by atoms with van der Waals surface area (Å²) in [4.78, 5) is 0. The van der Waals surface area contributed by atoms with Gasteiger partial charge < -0.3 is 10.2 Å². The van der Waals surface area contributed by atoms with Crippen LogP contribution in [0.2, 0.25) is 0 Å². The Balaban J connectivity index is 0.000000160.